The molecule has 1 fully saturated rings. The van der Waals surface area contributed by atoms with Crippen molar-refractivity contribution in [3.8, 4) is 0 Å². The number of carbonyl (C=O) groups is 1. The Morgan fingerprint density at radius 1 is 0.900 bits per heavy atom. The lowest BCUT2D eigenvalue weighted by Gasteiger charge is -2.36. The molecule has 30 heavy (non-hydrogen) atoms. The van der Waals surface area contributed by atoms with Gasteiger partial charge in [0.1, 0.15) is 0 Å². The summed E-state index contributed by atoms with van der Waals surface area (Å²) in [4.78, 5) is 17.0. The fourth-order valence-corrected chi connectivity index (χ4v) is 4.30. The fourth-order valence-electron chi connectivity index (χ4n) is 3.66. The van der Waals surface area contributed by atoms with Gasteiger partial charge in [-0.1, -0.05) is 30.3 Å². The van der Waals surface area contributed by atoms with Crippen LogP contribution in [0.25, 0.3) is 10.8 Å². The molecule has 7 heteroatoms. The number of rotatable bonds is 5. The first-order valence-electron chi connectivity index (χ1n) is 10.1. The summed E-state index contributed by atoms with van der Waals surface area (Å²) >= 11 is 0. The van der Waals surface area contributed by atoms with Crippen LogP contribution in [-0.4, -0.2) is 51.2 Å². The van der Waals surface area contributed by atoms with E-state index in [-0.39, 0.29) is 11.7 Å². The molecule has 0 aromatic heterocycles. The number of sulfonamides is 1. The summed E-state index contributed by atoms with van der Waals surface area (Å²) in [5, 5.41) is 2.20. The maximum atomic E-state index is 12.9. The Morgan fingerprint density at radius 3 is 2.23 bits per heavy atom. The standard InChI is InChI=1S/C23H25N3O3S/c1-2-30(28,29)24-21-9-11-22(12-10-21)25-13-15-26(16-14-25)23(27)20-8-7-18-5-3-4-6-19(18)17-20/h3-12,17,24H,2,13-16H2,1H3. The number of nitrogens with zero attached hydrogens (tertiary/aromatic N) is 2. The number of benzene rings is 3. The zero-order valence-electron chi connectivity index (χ0n) is 16.9. The molecule has 1 saturated heterocycles. The van der Waals surface area contributed by atoms with Crippen LogP contribution in [0.5, 0.6) is 0 Å². The summed E-state index contributed by atoms with van der Waals surface area (Å²) in [7, 11) is -3.28. The van der Waals surface area contributed by atoms with E-state index < -0.39 is 10.0 Å². The first-order chi connectivity index (χ1) is 14.4. The first kappa shape index (κ1) is 20.2. The van der Waals surface area contributed by atoms with Gasteiger partial charge in [0.15, 0.2) is 0 Å². The fraction of sp³-hybridized carbons (Fsp3) is 0.261. The van der Waals surface area contributed by atoms with Crippen molar-refractivity contribution in [2.24, 2.45) is 0 Å². The van der Waals surface area contributed by atoms with E-state index in [1.54, 1.807) is 19.1 Å². The maximum absolute atomic E-state index is 12.9. The van der Waals surface area contributed by atoms with Gasteiger partial charge in [-0.3, -0.25) is 9.52 Å². The zero-order chi connectivity index (χ0) is 21.1. The lowest BCUT2D eigenvalue weighted by molar-refractivity contribution is 0.0747. The summed E-state index contributed by atoms with van der Waals surface area (Å²) in [6.45, 7) is 4.37. The molecule has 1 amide bonds. The van der Waals surface area contributed by atoms with Gasteiger partial charge in [-0.25, -0.2) is 8.42 Å². The van der Waals surface area contributed by atoms with Gasteiger partial charge in [0, 0.05) is 43.1 Å². The van der Waals surface area contributed by atoms with Crippen molar-refractivity contribution in [1.82, 2.24) is 4.90 Å². The third-order valence-electron chi connectivity index (χ3n) is 5.45. The van der Waals surface area contributed by atoms with E-state index >= 15 is 0 Å². The molecule has 3 aromatic rings. The lowest BCUT2D eigenvalue weighted by atomic mass is 10.1. The highest BCUT2D eigenvalue weighted by molar-refractivity contribution is 7.92. The van der Waals surface area contributed by atoms with Gasteiger partial charge >= 0.3 is 0 Å². The van der Waals surface area contributed by atoms with E-state index in [0.29, 0.717) is 18.8 Å². The molecular formula is C23H25N3O3S. The van der Waals surface area contributed by atoms with E-state index in [1.165, 1.54) is 0 Å². The molecule has 1 aliphatic rings. The van der Waals surface area contributed by atoms with Crippen LogP contribution in [0.15, 0.2) is 66.7 Å². The number of carbonyl (C=O) groups excluding carboxylic acids is 1. The minimum Gasteiger partial charge on any atom is -0.368 e. The number of amides is 1. The number of hydrogen-bond acceptors (Lipinski definition) is 4. The van der Waals surface area contributed by atoms with Gasteiger partial charge < -0.3 is 9.80 Å². The second-order valence-electron chi connectivity index (χ2n) is 7.39. The van der Waals surface area contributed by atoms with Gasteiger partial charge in [0.2, 0.25) is 10.0 Å². The van der Waals surface area contributed by atoms with E-state index in [1.807, 2.05) is 59.5 Å². The van der Waals surface area contributed by atoms with Crippen LogP contribution in [0, 0.1) is 0 Å². The molecule has 1 heterocycles. The Balaban J connectivity index is 1.39. The number of hydrogen-bond donors (Lipinski definition) is 1. The molecule has 0 spiro atoms. The van der Waals surface area contributed by atoms with E-state index in [4.69, 9.17) is 0 Å². The van der Waals surface area contributed by atoms with Crippen molar-refractivity contribution < 1.29 is 13.2 Å². The summed E-state index contributed by atoms with van der Waals surface area (Å²) in [6.07, 6.45) is 0. The number of piperazine rings is 1. The molecule has 0 bridgehead atoms. The Labute approximate surface area is 177 Å². The summed E-state index contributed by atoms with van der Waals surface area (Å²) < 4.78 is 25.9. The molecule has 6 nitrogen and oxygen atoms in total. The molecule has 0 radical (unpaired) electrons. The Morgan fingerprint density at radius 2 is 1.57 bits per heavy atom. The number of anilines is 2. The largest absolute Gasteiger partial charge is 0.368 e. The van der Waals surface area contributed by atoms with E-state index in [0.717, 1.165) is 35.1 Å². The Kier molecular flexibility index (Phi) is 5.63. The SMILES string of the molecule is CCS(=O)(=O)Nc1ccc(N2CCN(C(=O)c3ccc4ccccc4c3)CC2)cc1. The van der Waals surface area contributed by atoms with Crippen molar-refractivity contribution in [2.45, 2.75) is 6.92 Å². The number of nitrogens with one attached hydrogen (secondary N) is 1. The van der Waals surface area contributed by atoms with Gasteiger partial charge in [0.05, 0.1) is 5.75 Å². The van der Waals surface area contributed by atoms with E-state index in [9.17, 15) is 13.2 Å². The Hall–Kier alpha value is -3.06. The van der Waals surface area contributed by atoms with Crippen LogP contribution in [0.1, 0.15) is 17.3 Å². The highest BCUT2D eigenvalue weighted by Crippen LogP contribution is 2.22. The number of fused-ring (bicyclic) bond motifs is 1. The minimum atomic E-state index is -3.28. The molecule has 0 unspecified atom stereocenters. The van der Waals surface area contributed by atoms with E-state index in [2.05, 4.69) is 9.62 Å². The van der Waals surface area contributed by atoms with Gasteiger partial charge in [-0.15, -0.1) is 0 Å². The van der Waals surface area contributed by atoms with Crippen LogP contribution in [0.2, 0.25) is 0 Å². The topological polar surface area (TPSA) is 69.7 Å². The predicted molar refractivity (Wildman–Crippen MR) is 122 cm³/mol. The maximum Gasteiger partial charge on any atom is 0.253 e. The molecule has 0 aliphatic carbocycles. The monoisotopic (exact) mass is 423 g/mol. The smallest absolute Gasteiger partial charge is 0.253 e. The average Bonchev–Trinajstić information content (AvgIpc) is 2.79. The van der Waals surface area contributed by atoms with Crippen LogP contribution >= 0.6 is 0 Å². The second kappa shape index (κ2) is 8.36. The molecule has 1 N–H and O–H groups in total. The molecule has 0 saturated carbocycles. The third kappa shape index (κ3) is 4.41. The van der Waals surface area contributed by atoms with Crippen molar-refractivity contribution in [3.63, 3.8) is 0 Å². The highest BCUT2D eigenvalue weighted by atomic mass is 32.2. The lowest BCUT2D eigenvalue weighted by Crippen LogP contribution is -2.48. The molecule has 4 rings (SSSR count). The third-order valence-corrected chi connectivity index (χ3v) is 6.76. The van der Waals surface area contributed by atoms with Crippen molar-refractivity contribution in [1.29, 1.82) is 0 Å². The van der Waals surface area contributed by atoms with Gasteiger partial charge in [0.25, 0.3) is 5.91 Å². The quantitative estimate of drug-likeness (QED) is 0.681. The molecular weight excluding hydrogens is 398 g/mol. The molecule has 1 aliphatic heterocycles. The van der Waals surface area contributed by atoms with Crippen molar-refractivity contribution in [3.05, 3.63) is 72.3 Å². The first-order valence-corrected chi connectivity index (χ1v) is 11.7. The molecule has 0 atom stereocenters. The van der Waals surface area contributed by atoms with Crippen LogP contribution in [-0.2, 0) is 10.0 Å². The van der Waals surface area contributed by atoms with Gasteiger partial charge in [-0.2, -0.15) is 0 Å². The minimum absolute atomic E-state index is 0.0436. The molecule has 3 aromatic carbocycles. The highest BCUT2D eigenvalue weighted by Gasteiger charge is 2.22. The van der Waals surface area contributed by atoms with Crippen LogP contribution in [0.4, 0.5) is 11.4 Å². The Bertz CT molecular complexity index is 1150. The van der Waals surface area contributed by atoms with Crippen molar-refractivity contribution >= 4 is 38.1 Å². The second-order valence-corrected chi connectivity index (χ2v) is 9.40. The summed E-state index contributed by atoms with van der Waals surface area (Å²) in [6, 6.07) is 21.3. The van der Waals surface area contributed by atoms with Crippen LogP contribution < -0.4 is 9.62 Å². The van der Waals surface area contributed by atoms with Crippen LogP contribution in [0.3, 0.4) is 0 Å². The van der Waals surface area contributed by atoms with Gasteiger partial charge in [-0.05, 0) is 54.1 Å². The zero-order valence-corrected chi connectivity index (χ0v) is 17.7. The van der Waals surface area contributed by atoms with Crippen molar-refractivity contribution in [2.75, 3.05) is 41.6 Å². The summed E-state index contributed by atoms with van der Waals surface area (Å²) in [5.74, 6) is 0.104. The normalized spacial score (nSPS) is 14.7. The summed E-state index contributed by atoms with van der Waals surface area (Å²) in [5.41, 5.74) is 2.30. The predicted octanol–water partition coefficient (Wildman–Crippen LogP) is 3.56. The average molecular weight is 424 g/mol. The molecule has 156 valence electrons.